The second-order valence-corrected chi connectivity index (χ2v) is 5.84. The number of azide groups is 1. The standard InChI is InChI=1S/C16H20FN3O3/c1-23-13-8-4-11(5-9-13)14(15(16(21)22)19-20-18)10-2-6-12(17)7-3-10/h2-3,6-7,11,13-15H,4-5,8-9H2,1H3,(H,21,22)/t11-,13-,14-,15-/m0/s1. The first-order valence-electron chi connectivity index (χ1n) is 7.62. The van der Waals surface area contributed by atoms with E-state index < -0.39 is 17.9 Å². The number of aliphatic carboxylic acids is 1. The molecule has 0 radical (unpaired) electrons. The lowest BCUT2D eigenvalue weighted by molar-refractivity contribution is -0.139. The van der Waals surface area contributed by atoms with E-state index in [1.54, 1.807) is 19.2 Å². The number of ether oxygens (including phenoxy) is 1. The minimum atomic E-state index is -1.20. The van der Waals surface area contributed by atoms with Gasteiger partial charge in [-0.1, -0.05) is 17.2 Å². The first-order chi connectivity index (χ1) is 11.1. The van der Waals surface area contributed by atoms with Crippen LogP contribution in [-0.4, -0.2) is 30.3 Å². The third-order valence-corrected chi connectivity index (χ3v) is 4.58. The fraction of sp³-hybridized carbons (Fsp3) is 0.562. The average Bonchev–Trinajstić information content (AvgIpc) is 2.56. The predicted molar refractivity (Wildman–Crippen MR) is 82.5 cm³/mol. The summed E-state index contributed by atoms with van der Waals surface area (Å²) in [4.78, 5) is 14.3. The number of carboxylic acids is 1. The fourth-order valence-corrected chi connectivity index (χ4v) is 3.41. The van der Waals surface area contributed by atoms with Crippen molar-refractivity contribution < 1.29 is 19.0 Å². The van der Waals surface area contributed by atoms with Gasteiger partial charge in [-0.2, -0.15) is 0 Å². The van der Waals surface area contributed by atoms with E-state index >= 15 is 0 Å². The molecule has 7 heteroatoms. The van der Waals surface area contributed by atoms with E-state index in [9.17, 15) is 14.3 Å². The average molecular weight is 321 g/mol. The molecule has 1 aromatic rings. The molecule has 0 bridgehead atoms. The van der Waals surface area contributed by atoms with Gasteiger partial charge in [0.2, 0.25) is 0 Å². The number of hydrogen-bond acceptors (Lipinski definition) is 3. The molecule has 0 heterocycles. The molecular formula is C16H20FN3O3. The lowest BCUT2D eigenvalue weighted by atomic mass is 9.73. The van der Waals surface area contributed by atoms with E-state index in [0.717, 1.165) is 25.7 Å². The summed E-state index contributed by atoms with van der Waals surface area (Å²) in [5.74, 6) is -1.96. The molecular weight excluding hydrogens is 301 g/mol. The Hall–Kier alpha value is -2.11. The molecule has 2 rings (SSSR count). The highest BCUT2D eigenvalue weighted by Gasteiger charge is 2.37. The Labute approximate surface area is 133 Å². The molecule has 0 aliphatic heterocycles. The molecule has 6 nitrogen and oxygen atoms in total. The van der Waals surface area contributed by atoms with Crippen molar-refractivity contribution in [3.05, 3.63) is 46.1 Å². The van der Waals surface area contributed by atoms with E-state index in [1.165, 1.54) is 12.1 Å². The van der Waals surface area contributed by atoms with E-state index in [2.05, 4.69) is 10.0 Å². The van der Waals surface area contributed by atoms with E-state index in [-0.39, 0.29) is 17.8 Å². The number of benzene rings is 1. The normalized spacial score (nSPS) is 23.6. The summed E-state index contributed by atoms with van der Waals surface area (Å²) in [6.07, 6.45) is 3.42. The number of rotatable bonds is 6. The van der Waals surface area contributed by atoms with Gasteiger partial charge < -0.3 is 9.84 Å². The summed E-state index contributed by atoms with van der Waals surface area (Å²) < 4.78 is 18.5. The van der Waals surface area contributed by atoms with Crippen molar-refractivity contribution in [2.24, 2.45) is 11.0 Å². The molecule has 0 aromatic heterocycles. The largest absolute Gasteiger partial charge is 0.481 e. The van der Waals surface area contributed by atoms with Crippen LogP contribution in [0.1, 0.15) is 37.2 Å². The summed E-state index contributed by atoms with van der Waals surface area (Å²) in [5, 5.41) is 12.9. The zero-order valence-corrected chi connectivity index (χ0v) is 12.9. The van der Waals surface area contributed by atoms with Crippen LogP contribution in [0.25, 0.3) is 10.4 Å². The third-order valence-electron chi connectivity index (χ3n) is 4.58. The molecule has 0 saturated heterocycles. The van der Waals surface area contributed by atoms with Crippen LogP contribution in [0, 0.1) is 11.7 Å². The van der Waals surface area contributed by atoms with E-state index in [4.69, 9.17) is 10.3 Å². The summed E-state index contributed by atoms with van der Waals surface area (Å²) in [6.45, 7) is 0. The van der Waals surface area contributed by atoms with Crippen molar-refractivity contribution in [3.8, 4) is 0 Å². The molecule has 1 aromatic carbocycles. The minimum Gasteiger partial charge on any atom is -0.481 e. The summed E-state index contributed by atoms with van der Waals surface area (Å²) in [6, 6.07) is 4.56. The van der Waals surface area contributed by atoms with Crippen molar-refractivity contribution in [1.29, 1.82) is 0 Å². The highest BCUT2D eigenvalue weighted by molar-refractivity contribution is 5.75. The zero-order valence-electron chi connectivity index (χ0n) is 12.9. The van der Waals surface area contributed by atoms with Crippen LogP contribution in [0.4, 0.5) is 4.39 Å². The predicted octanol–water partition coefficient (Wildman–Crippen LogP) is 3.88. The quantitative estimate of drug-likeness (QED) is 0.489. The van der Waals surface area contributed by atoms with Gasteiger partial charge in [-0.15, -0.1) is 0 Å². The molecule has 0 spiro atoms. The summed E-state index contributed by atoms with van der Waals surface area (Å²) in [5.41, 5.74) is 9.41. The fourth-order valence-electron chi connectivity index (χ4n) is 3.41. The molecule has 1 aliphatic rings. The molecule has 23 heavy (non-hydrogen) atoms. The van der Waals surface area contributed by atoms with Crippen LogP contribution in [0.2, 0.25) is 0 Å². The van der Waals surface area contributed by atoms with Gasteiger partial charge in [-0.25, -0.2) is 4.39 Å². The molecule has 1 saturated carbocycles. The SMILES string of the molecule is CO[C@H]1CC[C@H]([C@H](c2ccc(F)cc2)[C@H](N=[N+]=[N-])C(=O)O)CC1. The Balaban J connectivity index is 2.32. The Morgan fingerprint density at radius 2 is 1.96 bits per heavy atom. The Bertz CT molecular complexity index is 577. The second kappa shape index (κ2) is 7.94. The lowest BCUT2D eigenvalue weighted by Gasteiger charge is -2.35. The van der Waals surface area contributed by atoms with Gasteiger partial charge in [0, 0.05) is 17.9 Å². The molecule has 1 aliphatic carbocycles. The maximum atomic E-state index is 13.2. The van der Waals surface area contributed by atoms with Gasteiger partial charge in [0.15, 0.2) is 0 Å². The van der Waals surface area contributed by atoms with Crippen molar-refractivity contribution in [3.63, 3.8) is 0 Å². The number of halogens is 1. The van der Waals surface area contributed by atoms with Crippen LogP contribution in [0.3, 0.4) is 0 Å². The summed E-state index contributed by atoms with van der Waals surface area (Å²) in [7, 11) is 1.67. The highest BCUT2D eigenvalue weighted by atomic mass is 19.1. The van der Waals surface area contributed by atoms with Gasteiger partial charge in [0.25, 0.3) is 0 Å². The zero-order chi connectivity index (χ0) is 16.8. The highest BCUT2D eigenvalue weighted by Crippen LogP contribution is 2.40. The molecule has 1 N–H and O–H groups in total. The van der Waals surface area contributed by atoms with Crippen LogP contribution in [0.5, 0.6) is 0 Å². The van der Waals surface area contributed by atoms with Crippen molar-refractivity contribution in [2.45, 2.75) is 43.7 Å². The summed E-state index contributed by atoms with van der Waals surface area (Å²) >= 11 is 0. The van der Waals surface area contributed by atoms with Gasteiger partial charge in [-0.3, -0.25) is 4.79 Å². The third kappa shape index (κ3) is 4.21. The van der Waals surface area contributed by atoms with Gasteiger partial charge >= 0.3 is 5.97 Å². The molecule has 0 unspecified atom stereocenters. The molecule has 2 atom stereocenters. The number of nitrogens with zero attached hydrogens (tertiary/aromatic N) is 3. The molecule has 0 amide bonds. The van der Waals surface area contributed by atoms with Gasteiger partial charge in [-0.05, 0) is 54.8 Å². The first kappa shape index (κ1) is 17.2. The maximum Gasteiger partial charge on any atom is 0.313 e. The van der Waals surface area contributed by atoms with Crippen molar-refractivity contribution in [1.82, 2.24) is 0 Å². The Kier molecular flexibility index (Phi) is 5.96. The number of carbonyl (C=O) groups is 1. The van der Waals surface area contributed by atoms with Gasteiger partial charge in [0.1, 0.15) is 11.9 Å². The van der Waals surface area contributed by atoms with E-state index in [1.807, 2.05) is 0 Å². The van der Waals surface area contributed by atoms with Crippen LogP contribution in [0.15, 0.2) is 29.4 Å². The number of carboxylic acid groups (broad SMARTS) is 1. The lowest BCUT2D eigenvalue weighted by Crippen LogP contribution is -2.34. The minimum absolute atomic E-state index is 0.0541. The number of methoxy groups -OCH3 is 1. The molecule has 1 fully saturated rings. The first-order valence-corrected chi connectivity index (χ1v) is 7.62. The maximum absolute atomic E-state index is 13.2. The van der Waals surface area contributed by atoms with Crippen molar-refractivity contribution >= 4 is 5.97 Å². The van der Waals surface area contributed by atoms with Gasteiger partial charge in [0.05, 0.1) is 6.10 Å². The monoisotopic (exact) mass is 321 g/mol. The van der Waals surface area contributed by atoms with Crippen LogP contribution < -0.4 is 0 Å². The van der Waals surface area contributed by atoms with E-state index in [0.29, 0.717) is 5.56 Å². The topological polar surface area (TPSA) is 95.3 Å². The van der Waals surface area contributed by atoms with Crippen LogP contribution in [-0.2, 0) is 9.53 Å². The molecule has 124 valence electrons. The smallest absolute Gasteiger partial charge is 0.313 e. The van der Waals surface area contributed by atoms with Crippen molar-refractivity contribution in [2.75, 3.05) is 7.11 Å². The van der Waals surface area contributed by atoms with Crippen LogP contribution >= 0.6 is 0 Å². The Morgan fingerprint density at radius 1 is 1.35 bits per heavy atom. The second-order valence-electron chi connectivity index (χ2n) is 5.84. The number of hydrogen-bond donors (Lipinski definition) is 1. The Morgan fingerprint density at radius 3 is 2.43 bits per heavy atom.